The first-order chi connectivity index (χ1) is 14.4. The van der Waals surface area contributed by atoms with E-state index in [9.17, 15) is 9.59 Å². The van der Waals surface area contributed by atoms with E-state index >= 15 is 0 Å². The molecule has 1 saturated heterocycles. The van der Waals surface area contributed by atoms with Crippen LogP contribution in [0.1, 0.15) is 23.1 Å². The van der Waals surface area contributed by atoms with Crippen LogP contribution in [0.2, 0.25) is 0 Å². The number of nitrogens with zero attached hydrogens (tertiary/aromatic N) is 4. The molecule has 9 heteroatoms. The Balaban J connectivity index is 1.66. The fourth-order valence-electron chi connectivity index (χ4n) is 3.47. The molecule has 3 aromatic rings. The molecular formula is C21H24N4O3S2. The van der Waals surface area contributed by atoms with Gasteiger partial charge in [0.15, 0.2) is 5.16 Å². The topological polar surface area (TPSA) is 77.3 Å². The maximum atomic E-state index is 13.4. The fourth-order valence-corrected chi connectivity index (χ4v) is 5.45. The normalized spacial score (nSPS) is 16.9. The summed E-state index contributed by atoms with van der Waals surface area (Å²) in [7, 11) is 0. The lowest BCUT2D eigenvalue weighted by molar-refractivity contribution is -0.135. The molecule has 0 N–H and O–H groups in total. The third kappa shape index (κ3) is 4.28. The van der Waals surface area contributed by atoms with E-state index in [1.54, 1.807) is 10.8 Å². The van der Waals surface area contributed by atoms with Crippen LogP contribution in [0.15, 0.2) is 34.3 Å². The number of morpholine rings is 1. The van der Waals surface area contributed by atoms with Crippen molar-refractivity contribution in [3.63, 3.8) is 0 Å². The fraction of sp³-hybridized carbons (Fsp3) is 0.429. The highest BCUT2D eigenvalue weighted by atomic mass is 32.2. The van der Waals surface area contributed by atoms with Crippen molar-refractivity contribution >= 4 is 39.2 Å². The molecule has 0 aromatic carbocycles. The first-order valence-corrected chi connectivity index (χ1v) is 11.7. The Morgan fingerprint density at radius 3 is 2.93 bits per heavy atom. The summed E-state index contributed by atoms with van der Waals surface area (Å²) in [5.74, 6) is 0.267. The Kier molecular flexibility index (Phi) is 6.21. The SMILES string of the molecule is Cc1sc2nc(SCC(=O)N3CCOC(C)C3)n(Cc3ccccn3)c(=O)c2c1C. The van der Waals surface area contributed by atoms with E-state index in [0.29, 0.717) is 36.8 Å². The number of carbonyl (C=O) groups is 1. The van der Waals surface area contributed by atoms with Crippen molar-refractivity contribution in [3.8, 4) is 0 Å². The molecule has 1 aliphatic rings. The summed E-state index contributed by atoms with van der Waals surface area (Å²) in [5, 5.41) is 1.21. The number of fused-ring (bicyclic) bond motifs is 1. The smallest absolute Gasteiger partial charge is 0.263 e. The third-order valence-electron chi connectivity index (χ3n) is 5.22. The Labute approximate surface area is 183 Å². The van der Waals surface area contributed by atoms with E-state index in [0.717, 1.165) is 21.0 Å². The van der Waals surface area contributed by atoms with Gasteiger partial charge in [0.05, 0.1) is 36.1 Å². The molecule has 7 nitrogen and oxygen atoms in total. The van der Waals surface area contributed by atoms with Gasteiger partial charge in [0, 0.05) is 24.2 Å². The van der Waals surface area contributed by atoms with Gasteiger partial charge in [0.25, 0.3) is 5.56 Å². The molecule has 1 atom stereocenters. The molecule has 1 unspecified atom stereocenters. The van der Waals surface area contributed by atoms with Crippen molar-refractivity contribution in [1.82, 2.24) is 19.4 Å². The predicted molar refractivity (Wildman–Crippen MR) is 119 cm³/mol. The number of thiophene rings is 1. The van der Waals surface area contributed by atoms with Gasteiger partial charge in [-0.2, -0.15) is 0 Å². The predicted octanol–water partition coefficient (Wildman–Crippen LogP) is 2.86. The average Bonchev–Trinajstić information content (AvgIpc) is 3.03. The molecule has 0 spiro atoms. The zero-order valence-electron chi connectivity index (χ0n) is 17.3. The number of thioether (sulfide) groups is 1. The van der Waals surface area contributed by atoms with Crippen LogP contribution in [0.4, 0.5) is 0 Å². The summed E-state index contributed by atoms with van der Waals surface area (Å²) >= 11 is 2.83. The maximum absolute atomic E-state index is 13.4. The van der Waals surface area contributed by atoms with Crippen LogP contribution in [0.3, 0.4) is 0 Å². The number of carbonyl (C=O) groups excluding carboxylic acids is 1. The highest BCUT2D eigenvalue weighted by Crippen LogP contribution is 2.28. The molecule has 0 radical (unpaired) electrons. The molecule has 0 aliphatic carbocycles. The minimum atomic E-state index is -0.0811. The summed E-state index contributed by atoms with van der Waals surface area (Å²) < 4.78 is 7.16. The second-order valence-electron chi connectivity index (χ2n) is 7.38. The minimum Gasteiger partial charge on any atom is -0.375 e. The highest BCUT2D eigenvalue weighted by Gasteiger charge is 2.23. The van der Waals surface area contributed by atoms with Crippen molar-refractivity contribution in [2.75, 3.05) is 25.4 Å². The van der Waals surface area contributed by atoms with Gasteiger partial charge >= 0.3 is 0 Å². The van der Waals surface area contributed by atoms with Gasteiger partial charge in [-0.3, -0.25) is 19.1 Å². The Hall–Kier alpha value is -2.23. The van der Waals surface area contributed by atoms with Crippen LogP contribution in [0.25, 0.3) is 10.2 Å². The molecule has 3 aromatic heterocycles. The third-order valence-corrected chi connectivity index (χ3v) is 7.28. The van der Waals surface area contributed by atoms with Crippen LogP contribution in [-0.4, -0.2) is 56.9 Å². The molecule has 30 heavy (non-hydrogen) atoms. The summed E-state index contributed by atoms with van der Waals surface area (Å²) in [5.41, 5.74) is 1.67. The van der Waals surface area contributed by atoms with E-state index in [1.807, 2.05) is 43.9 Å². The van der Waals surface area contributed by atoms with Gasteiger partial charge < -0.3 is 9.64 Å². The van der Waals surface area contributed by atoms with Gasteiger partial charge in [-0.15, -0.1) is 11.3 Å². The van der Waals surface area contributed by atoms with Crippen molar-refractivity contribution < 1.29 is 9.53 Å². The number of aromatic nitrogens is 3. The van der Waals surface area contributed by atoms with Crippen molar-refractivity contribution in [2.45, 2.75) is 38.6 Å². The Bertz CT molecular complexity index is 1130. The molecular weight excluding hydrogens is 420 g/mol. The van der Waals surface area contributed by atoms with E-state index in [1.165, 1.54) is 23.1 Å². The van der Waals surface area contributed by atoms with Crippen LogP contribution in [-0.2, 0) is 16.1 Å². The van der Waals surface area contributed by atoms with E-state index < -0.39 is 0 Å². The molecule has 158 valence electrons. The van der Waals surface area contributed by atoms with Gasteiger partial charge in [-0.05, 0) is 38.5 Å². The lowest BCUT2D eigenvalue weighted by Gasteiger charge is -2.31. The largest absolute Gasteiger partial charge is 0.375 e. The highest BCUT2D eigenvalue weighted by molar-refractivity contribution is 7.99. The van der Waals surface area contributed by atoms with E-state index in [2.05, 4.69) is 4.98 Å². The summed E-state index contributed by atoms with van der Waals surface area (Å²) in [6.07, 6.45) is 1.75. The van der Waals surface area contributed by atoms with E-state index in [-0.39, 0.29) is 23.3 Å². The summed E-state index contributed by atoms with van der Waals surface area (Å²) in [4.78, 5) is 38.8. The zero-order valence-corrected chi connectivity index (χ0v) is 18.9. The number of amides is 1. The number of pyridine rings is 1. The molecule has 4 rings (SSSR count). The van der Waals surface area contributed by atoms with Gasteiger partial charge in [-0.1, -0.05) is 17.8 Å². The van der Waals surface area contributed by atoms with Gasteiger partial charge in [0.1, 0.15) is 4.83 Å². The Morgan fingerprint density at radius 1 is 1.37 bits per heavy atom. The summed E-state index contributed by atoms with van der Waals surface area (Å²) in [6.45, 7) is 7.99. The number of hydrogen-bond donors (Lipinski definition) is 0. The summed E-state index contributed by atoms with van der Waals surface area (Å²) in [6, 6.07) is 5.63. The number of ether oxygens (including phenoxy) is 1. The molecule has 0 bridgehead atoms. The second-order valence-corrected chi connectivity index (χ2v) is 9.53. The van der Waals surface area contributed by atoms with Crippen LogP contribution < -0.4 is 5.56 Å². The van der Waals surface area contributed by atoms with Gasteiger partial charge in [-0.25, -0.2) is 4.98 Å². The molecule has 0 saturated carbocycles. The first kappa shape index (κ1) is 21.0. The zero-order chi connectivity index (χ0) is 21.3. The first-order valence-electron chi connectivity index (χ1n) is 9.86. The minimum absolute atomic E-state index is 0.0347. The Morgan fingerprint density at radius 2 is 2.20 bits per heavy atom. The van der Waals surface area contributed by atoms with Gasteiger partial charge in [0.2, 0.25) is 5.91 Å². The lowest BCUT2D eigenvalue weighted by Crippen LogP contribution is -2.45. The molecule has 1 amide bonds. The van der Waals surface area contributed by atoms with Crippen molar-refractivity contribution in [3.05, 3.63) is 50.9 Å². The lowest BCUT2D eigenvalue weighted by atomic mass is 10.2. The van der Waals surface area contributed by atoms with Crippen LogP contribution >= 0.6 is 23.1 Å². The van der Waals surface area contributed by atoms with Crippen molar-refractivity contribution in [2.24, 2.45) is 0 Å². The van der Waals surface area contributed by atoms with E-state index in [4.69, 9.17) is 9.72 Å². The van der Waals surface area contributed by atoms with Crippen LogP contribution in [0, 0.1) is 13.8 Å². The van der Waals surface area contributed by atoms with Crippen molar-refractivity contribution in [1.29, 1.82) is 0 Å². The number of rotatable bonds is 5. The molecule has 1 fully saturated rings. The molecule has 1 aliphatic heterocycles. The van der Waals surface area contributed by atoms with Crippen LogP contribution in [0.5, 0.6) is 0 Å². The monoisotopic (exact) mass is 444 g/mol. The number of aryl methyl sites for hydroxylation is 2. The quantitative estimate of drug-likeness (QED) is 0.445. The number of hydrogen-bond acceptors (Lipinski definition) is 7. The second kappa shape index (κ2) is 8.87. The average molecular weight is 445 g/mol. The standard InChI is InChI=1S/C21H24N4O3S2/c1-13-10-24(8-9-28-13)17(26)12-29-21-23-19-18(14(2)15(3)30-19)20(27)25(21)11-16-6-4-5-7-22-16/h4-7,13H,8-12H2,1-3H3. The maximum Gasteiger partial charge on any atom is 0.263 e. The molecule has 4 heterocycles.